The van der Waals surface area contributed by atoms with Gasteiger partial charge in [0.1, 0.15) is 35.8 Å². The molecule has 0 aliphatic carbocycles. The lowest BCUT2D eigenvalue weighted by Crippen LogP contribution is -2.50. The fourth-order valence-corrected chi connectivity index (χ4v) is 6.79. The molecular weight excluding hydrogens is 647 g/mol. The van der Waals surface area contributed by atoms with Gasteiger partial charge in [0.15, 0.2) is 5.82 Å². The summed E-state index contributed by atoms with van der Waals surface area (Å²) < 4.78 is 68.0. The molecule has 0 unspecified atom stereocenters. The molecule has 0 bridgehead atoms. The SMILES string of the molecule is CC(C)(C)OC(=O)N(CCC1COC1)C[C@H]1Cc2c(cc(OCc3ccccc3)c(N3CC(=O)NS3(=O)=O)c2F)N1C(=O)OC(C)(C)C. The van der Waals surface area contributed by atoms with Crippen LogP contribution in [0, 0.1) is 11.7 Å². The monoisotopic (exact) mass is 690 g/mol. The minimum Gasteiger partial charge on any atom is -0.487 e. The summed E-state index contributed by atoms with van der Waals surface area (Å²) in [7, 11) is -4.43. The predicted octanol–water partition coefficient (Wildman–Crippen LogP) is 4.53. The minimum atomic E-state index is -4.43. The Morgan fingerprint density at radius 3 is 2.29 bits per heavy atom. The zero-order chi connectivity index (χ0) is 35.0. The van der Waals surface area contributed by atoms with E-state index >= 15 is 4.39 Å². The third-order valence-electron chi connectivity index (χ3n) is 7.84. The number of hydrogen-bond donors (Lipinski definition) is 1. The maximum Gasteiger partial charge on any atom is 0.415 e. The second-order valence-corrected chi connectivity index (χ2v) is 15.8. The Hall–Kier alpha value is -4.11. The molecule has 3 heterocycles. The van der Waals surface area contributed by atoms with Crippen LogP contribution in [0.25, 0.3) is 0 Å². The van der Waals surface area contributed by atoms with Crippen molar-refractivity contribution in [3.05, 3.63) is 53.3 Å². The standard InChI is InChI=1S/C33H43FN4O9S/c1-32(2,3)46-30(40)36(13-12-22-18-44-19-22)16-23-14-24-25(38(23)31(41)47-33(4,5)6)15-26(45-20-21-10-8-7-9-11-21)29(28(24)34)37-17-27(39)35-48(37,42)43/h7-11,15,22-23H,12-14,16-20H2,1-6H3,(H,35,39)/t23-/m1/s1. The van der Waals surface area contributed by atoms with Gasteiger partial charge in [-0.25, -0.2) is 23.0 Å². The van der Waals surface area contributed by atoms with E-state index in [0.29, 0.717) is 30.5 Å². The quantitative estimate of drug-likeness (QED) is 0.402. The number of carbonyl (C=O) groups excluding carboxylic acids is 3. The molecule has 2 fully saturated rings. The van der Waals surface area contributed by atoms with Gasteiger partial charge < -0.3 is 23.8 Å². The summed E-state index contributed by atoms with van der Waals surface area (Å²) >= 11 is 0. The number of halogens is 1. The molecule has 2 aromatic carbocycles. The lowest BCUT2D eigenvalue weighted by atomic mass is 10.0. The molecule has 3 amide bonds. The molecule has 3 aliphatic rings. The summed E-state index contributed by atoms with van der Waals surface area (Å²) in [5, 5.41) is 0. The van der Waals surface area contributed by atoms with Gasteiger partial charge in [-0.1, -0.05) is 30.3 Å². The molecule has 1 N–H and O–H groups in total. The Morgan fingerprint density at radius 1 is 1.06 bits per heavy atom. The summed E-state index contributed by atoms with van der Waals surface area (Å²) in [5.41, 5.74) is -1.33. The van der Waals surface area contributed by atoms with Gasteiger partial charge >= 0.3 is 22.4 Å². The van der Waals surface area contributed by atoms with Gasteiger partial charge in [-0.2, -0.15) is 8.42 Å². The molecule has 262 valence electrons. The lowest BCUT2D eigenvalue weighted by Gasteiger charge is -2.35. The summed E-state index contributed by atoms with van der Waals surface area (Å²) in [6.45, 7) is 11.1. The maximum absolute atomic E-state index is 16.8. The van der Waals surface area contributed by atoms with Crippen LogP contribution in [0.15, 0.2) is 36.4 Å². The molecule has 0 radical (unpaired) electrons. The third-order valence-corrected chi connectivity index (χ3v) is 9.22. The molecule has 1 atom stereocenters. The average molecular weight is 691 g/mol. The summed E-state index contributed by atoms with van der Waals surface area (Å²) in [5.74, 6) is -1.73. The number of anilines is 2. The van der Waals surface area contributed by atoms with E-state index in [2.05, 4.69) is 0 Å². The number of nitrogens with one attached hydrogen (secondary N) is 1. The van der Waals surface area contributed by atoms with Crippen LogP contribution >= 0.6 is 0 Å². The van der Waals surface area contributed by atoms with Gasteiger partial charge in [0.2, 0.25) is 0 Å². The van der Waals surface area contributed by atoms with E-state index in [-0.39, 0.29) is 42.5 Å². The summed E-state index contributed by atoms with van der Waals surface area (Å²) in [4.78, 5) is 42.3. The molecule has 0 spiro atoms. The minimum absolute atomic E-state index is 0.0130. The van der Waals surface area contributed by atoms with Crippen molar-refractivity contribution in [2.75, 3.05) is 42.1 Å². The zero-order valence-corrected chi connectivity index (χ0v) is 28.9. The van der Waals surface area contributed by atoms with Gasteiger partial charge in [-0.15, -0.1) is 0 Å². The largest absolute Gasteiger partial charge is 0.487 e. The number of fused-ring (bicyclic) bond motifs is 1. The molecule has 15 heteroatoms. The molecule has 13 nitrogen and oxygen atoms in total. The van der Waals surface area contributed by atoms with Gasteiger partial charge in [0, 0.05) is 37.1 Å². The van der Waals surface area contributed by atoms with Crippen LogP contribution in [0.2, 0.25) is 0 Å². The van der Waals surface area contributed by atoms with Crippen LogP contribution in [0.5, 0.6) is 5.75 Å². The number of amides is 3. The number of rotatable bonds is 9. The molecule has 2 saturated heterocycles. The first-order valence-electron chi connectivity index (χ1n) is 15.8. The Morgan fingerprint density at radius 2 is 1.73 bits per heavy atom. The molecule has 0 saturated carbocycles. The Bertz CT molecular complexity index is 1650. The van der Waals surface area contributed by atoms with Gasteiger partial charge in [-0.05, 0) is 53.5 Å². The highest BCUT2D eigenvalue weighted by molar-refractivity contribution is 7.92. The first kappa shape index (κ1) is 35.2. The van der Waals surface area contributed by atoms with Crippen LogP contribution in [-0.2, 0) is 42.2 Å². The molecule has 0 aromatic heterocycles. The predicted molar refractivity (Wildman–Crippen MR) is 175 cm³/mol. The number of nitrogens with zero attached hydrogens (tertiary/aromatic N) is 3. The van der Waals surface area contributed by atoms with Gasteiger partial charge in [-0.3, -0.25) is 9.69 Å². The fourth-order valence-electron chi connectivity index (χ4n) is 5.63. The van der Waals surface area contributed by atoms with Crippen LogP contribution in [-0.4, -0.2) is 81.5 Å². The summed E-state index contributed by atoms with van der Waals surface area (Å²) in [6, 6.07) is 9.54. The topological polar surface area (TPSA) is 144 Å². The highest BCUT2D eigenvalue weighted by Gasteiger charge is 2.45. The Labute approximate surface area is 280 Å². The normalized spacial score (nSPS) is 19.0. The van der Waals surface area contributed by atoms with Crippen molar-refractivity contribution >= 4 is 39.7 Å². The lowest BCUT2D eigenvalue weighted by molar-refractivity contribution is -0.117. The maximum atomic E-state index is 16.8. The smallest absolute Gasteiger partial charge is 0.415 e. The van der Waals surface area contributed by atoms with E-state index in [1.54, 1.807) is 65.8 Å². The van der Waals surface area contributed by atoms with Crippen LogP contribution in [0.4, 0.5) is 25.4 Å². The highest BCUT2D eigenvalue weighted by Crippen LogP contribution is 2.46. The average Bonchev–Trinajstić information content (AvgIpc) is 3.44. The van der Waals surface area contributed by atoms with Crippen LogP contribution in [0.1, 0.15) is 59.1 Å². The van der Waals surface area contributed by atoms with Crippen molar-refractivity contribution in [2.24, 2.45) is 5.92 Å². The molecule has 2 aromatic rings. The molecule has 3 aliphatic heterocycles. The fraction of sp³-hybridized carbons (Fsp3) is 0.545. The van der Waals surface area contributed by atoms with Gasteiger partial charge in [0.05, 0.1) is 24.9 Å². The van der Waals surface area contributed by atoms with E-state index in [0.717, 1.165) is 5.56 Å². The Kier molecular flexibility index (Phi) is 9.84. The van der Waals surface area contributed by atoms with E-state index in [1.165, 1.54) is 15.9 Å². The van der Waals surface area contributed by atoms with E-state index in [1.807, 2.05) is 10.8 Å². The first-order valence-corrected chi connectivity index (χ1v) is 17.3. The van der Waals surface area contributed by atoms with Crippen LogP contribution < -0.4 is 18.7 Å². The Balaban J connectivity index is 1.57. The van der Waals surface area contributed by atoms with Crippen molar-refractivity contribution < 1.29 is 46.1 Å². The molecule has 5 rings (SSSR count). The second kappa shape index (κ2) is 13.4. The highest BCUT2D eigenvalue weighted by atomic mass is 32.2. The van der Waals surface area contributed by atoms with Gasteiger partial charge in [0.25, 0.3) is 5.91 Å². The number of benzene rings is 2. The van der Waals surface area contributed by atoms with Crippen molar-refractivity contribution in [1.82, 2.24) is 9.62 Å². The van der Waals surface area contributed by atoms with Crippen LogP contribution in [0.3, 0.4) is 0 Å². The van der Waals surface area contributed by atoms with Crippen molar-refractivity contribution in [3.63, 3.8) is 0 Å². The van der Waals surface area contributed by atoms with Crippen molar-refractivity contribution in [2.45, 2.75) is 78.2 Å². The van der Waals surface area contributed by atoms with E-state index < -0.39 is 63.6 Å². The third kappa shape index (κ3) is 8.12. The second-order valence-electron chi connectivity index (χ2n) is 14.2. The number of hydrogen-bond acceptors (Lipinski definition) is 9. The first-order chi connectivity index (χ1) is 22.4. The van der Waals surface area contributed by atoms with E-state index in [9.17, 15) is 22.8 Å². The zero-order valence-electron chi connectivity index (χ0n) is 28.1. The van der Waals surface area contributed by atoms with Crippen molar-refractivity contribution in [3.8, 4) is 5.75 Å². The van der Waals surface area contributed by atoms with Crippen molar-refractivity contribution in [1.29, 1.82) is 0 Å². The number of ether oxygens (including phenoxy) is 4. The summed E-state index contributed by atoms with van der Waals surface area (Å²) in [6.07, 6.45) is -0.832. The molecule has 48 heavy (non-hydrogen) atoms. The molecular formula is C33H43FN4O9S. The number of carbonyl (C=O) groups is 3. The van der Waals surface area contributed by atoms with E-state index in [4.69, 9.17) is 18.9 Å².